The summed E-state index contributed by atoms with van der Waals surface area (Å²) in [7, 11) is 0. The van der Waals surface area contributed by atoms with E-state index in [4.69, 9.17) is 5.73 Å². The molecule has 0 fully saturated rings. The second-order valence-corrected chi connectivity index (χ2v) is 0.408. The quantitative estimate of drug-likeness (QED) is 0.333. The molecule has 0 heterocycles. The van der Waals surface area contributed by atoms with Gasteiger partial charge in [0.2, 0.25) is 0 Å². The summed E-state index contributed by atoms with van der Waals surface area (Å²) < 4.78 is 0. The molecule has 30 valence electrons. The van der Waals surface area contributed by atoms with Crippen molar-refractivity contribution in [2.45, 2.75) is 0 Å². The minimum atomic E-state index is 0. The van der Waals surface area contributed by atoms with Crippen LogP contribution in [0.5, 0.6) is 0 Å². The molecule has 0 aromatic heterocycles. The van der Waals surface area contributed by atoms with Gasteiger partial charge in [0, 0.05) is 17.1 Å². The monoisotopic (exact) mass is 111 g/mol. The second kappa shape index (κ2) is 8.97. The molecule has 0 atom stereocenters. The summed E-state index contributed by atoms with van der Waals surface area (Å²) in [4.78, 5) is 0. The van der Waals surface area contributed by atoms with Gasteiger partial charge in [0.15, 0.2) is 0 Å². The first kappa shape index (κ1) is 8.90. The Balaban J connectivity index is 0. The molecule has 0 aliphatic carbocycles. The van der Waals surface area contributed by atoms with Crippen LogP contribution in [0.25, 0.3) is 0 Å². The van der Waals surface area contributed by atoms with Gasteiger partial charge in [-0.2, -0.15) is 0 Å². The molecule has 5 heavy (non-hydrogen) atoms. The minimum Gasteiger partial charge on any atom is -0.320 e. The van der Waals surface area contributed by atoms with Gasteiger partial charge in [0.25, 0.3) is 0 Å². The minimum absolute atomic E-state index is 0. The standard InChI is InChI=1S/C3H5N.Fe/c1-2-3-4;/h1H,3-4H2;. The van der Waals surface area contributed by atoms with Gasteiger partial charge >= 0.3 is 0 Å². The summed E-state index contributed by atoms with van der Waals surface area (Å²) in [5, 5.41) is 0. The van der Waals surface area contributed by atoms with Gasteiger partial charge in [-0.15, -0.1) is 6.42 Å². The molecule has 0 aliphatic heterocycles. The molecule has 0 saturated carbocycles. The molecule has 2 N–H and O–H groups in total. The number of hydrogen-bond acceptors (Lipinski definition) is 1. The van der Waals surface area contributed by atoms with E-state index in [1.165, 1.54) is 0 Å². The molecule has 0 aliphatic rings. The first-order valence-electron chi connectivity index (χ1n) is 1.05. The normalized spacial score (nSPS) is 4.00. The van der Waals surface area contributed by atoms with Gasteiger partial charge in [0.1, 0.15) is 0 Å². The van der Waals surface area contributed by atoms with Crippen LogP contribution in [0.2, 0.25) is 0 Å². The predicted molar refractivity (Wildman–Crippen MR) is 17.9 cm³/mol. The summed E-state index contributed by atoms with van der Waals surface area (Å²) in [6.07, 6.45) is 4.65. The molecule has 0 rings (SSSR count). The van der Waals surface area contributed by atoms with Crippen molar-refractivity contribution in [3.8, 4) is 12.3 Å². The molecular weight excluding hydrogens is 106 g/mol. The van der Waals surface area contributed by atoms with Gasteiger partial charge in [-0.3, -0.25) is 0 Å². The van der Waals surface area contributed by atoms with E-state index in [9.17, 15) is 0 Å². The number of terminal acetylenes is 1. The average Bonchev–Trinajstić information content (AvgIpc) is 1.37. The molecule has 0 spiro atoms. The van der Waals surface area contributed by atoms with E-state index in [1.54, 1.807) is 0 Å². The number of hydrogen-bond donors (Lipinski definition) is 1. The van der Waals surface area contributed by atoms with Crippen molar-refractivity contribution in [3.05, 3.63) is 0 Å². The van der Waals surface area contributed by atoms with Crippen molar-refractivity contribution in [2.75, 3.05) is 6.54 Å². The third kappa shape index (κ3) is 15.6. The summed E-state index contributed by atoms with van der Waals surface area (Å²) in [5.74, 6) is 2.21. The fourth-order valence-corrected chi connectivity index (χ4v) is 0. The Kier molecular flexibility index (Phi) is 16.0. The summed E-state index contributed by atoms with van der Waals surface area (Å²) in [6.45, 7) is 0.347. The topological polar surface area (TPSA) is 26.0 Å². The van der Waals surface area contributed by atoms with Crippen molar-refractivity contribution in [1.82, 2.24) is 0 Å². The first-order valence-corrected chi connectivity index (χ1v) is 1.05. The maximum Gasteiger partial charge on any atom is 0.0548 e. The van der Waals surface area contributed by atoms with Crippen LogP contribution < -0.4 is 5.73 Å². The average molecular weight is 111 g/mol. The molecule has 1 nitrogen and oxygen atoms in total. The largest absolute Gasteiger partial charge is 0.320 e. The Bertz CT molecular complexity index is 36.6. The zero-order valence-corrected chi connectivity index (χ0v) is 3.82. The van der Waals surface area contributed by atoms with Gasteiger partial charge in [0.05, 0.1) is 6.54 Å². The predicted octanol–water partition coefficient (Wildman–Crippen LogP) is -0.424. The number of rotatable bonds is 0. The van der Waals surface area contributed by atoms with Crippen molar-refractivity contribution in [1.29, 1.82) is 0 Å². The molecule has 0 unspecified atom stereocenters. The van der Waals surface area contributed by atoms with E-state index in [0.717, 1.165) is 0 Å². The SMILES string of the molecule is C#CCN.[Fe]. The zero-order valence-electron chi connectivity index (χ0n) is 2.72. The van der Waals surface area contributed by atoms with Gasteiger partial charge in [-0.25, -0.2) is 0 Å². The van der Waals surface area contributed by atoms with Gasteiger partial charge in [-0.1, -0.05) is 5.92 Å². The van der Waals surface area contributed by atoms with Crippen molar-refractivity contribution in [2.24, 2.45) is 5.73 Å². The van der Waals surface area contributed by atoms with Crippen LogP contribution in [0.3, 0.4) is 0 Å². The van der Waals surface area contributed by atoms with Crippen molar-refractivity contribution >= 4 is 0 Å². The van der Waals surface area contributed by atoms with E-state index in [1.807, 2.05) is 0 Å². The van der Waals surface area contributed by atoms with E-state index in [2.05, 4.69) is 12.3 Å². The molecule has 0 bridgehead atoms. The molecule has 2 heteroatoms. The smallest absolute Gasteiger partial charge is 0.0548 e. The summed E-state index contributed by atoms with van der Waals surface area (Å²) in [5.41, 5.74) is 4.79. The molecule has 0 amide bonds. The number of nitrogens with two attached hydrogens (primary N) is 1. The van der Waals surface area contributed by atoms with E-state index >= 15 is 0 Å². The third-order valence-corrected chi connectivity index (χ3v) is 0.118. The van der Waals surface area contributed by atoms with Crippen molar-refractivity contribution < 1.29 is 17.1 Å². The Labute approximate surface area is 42.4 Å². The summed E-state index contributed by atoms with van der Waals surface area (Å²) >= 11 is 0. The maximum absolute atomic E-state index is 4.79. The van der Waals surface area contributed by atoms with Crippen LogP contribution in [-0.4, -0.2) is 6.54 Å². The van der Waals surface area contributed by atoms with Crippen LogP contribution in [-0.2, 0) is 17.1 Å². The Morgan fingerprint density at radius 2 is 2.00 bits per heavy atom. The van der Waals surface area contributed by atoms with E-state index in [0.29, 0.717) is 6.54 Å². The van der Waals surface area contributed by atoms with Crippen LogP contribution in [0, 0.1) is 12.3 Å². The van der Waals surface area contributed by atoms with Crippen LogP contribution in [0.1, 0.15) is 0 Å². The van der Waals surface area contributed by atoms with E-state index in [-0.39, 0.29) is 17.1 Å². The fourth-order valence-electron chi connectivity index (χ4n) is 0. The Morgan fingerprint density at radius 1 is 1.80 bits per heavy atom. The zero-order chi connectivity index (χ0) is 3.41. The van der Waals surface area contributed by atoms with Crippen LogP contribution >= 0.6 is 0 Å². The molecular formula is C3H5FeN. The van der Waals surface area contributed by atoms with Gasteiger partial charge in [-0.05, 0) is 0 Å². The Hall–Kier alpha value is 0.0395. The van der Waals surface area contributed by atoms with Crippen LogP contribution in [0.15, 0.2) is 0 Å². The maximum atomic E-state index is 4.79. The van der Waals surface area contributed by atoms with Gasteiger partial charge < -0.3 is 5.73 Å². The van der Waals surface area contributed by atoms with E-state index < -0.39 is 0 Å². The summed E-state index contributed by atoms with van der Waals surface area (Å²) in [6, 6.07) is 0. The van der Waals surface area contributed by atoms with Crippen LogP contribution in [0.4, 0.5) is 0 Å². The Morgan fingerprint density at radius 3 is 2.00 bits per heavy atom. The first-order chi connectivity index (χ1) is 1.91. The molecule has 0 aromatic carbocycles. The third-order valence-electron chi connectivity index (χ3n) is 0.118. The van der Waals surface area contributed by atoms with Crippen molar-refractivity contribution in [3.63, 3.8) is 0 Å². The molecule has 0 aromatic rings. The fraction of sp³-hybridized carbons (Fsp3) is 0.333. The molecule has 0 saturated heterocycles. The molecule has 0 radical (unpaired) electrons. The second-order valence-electron chi connectivity index (χ2n) is 0.408.